The van der Waals surface area contributed by atoms with E-state index >= 15 is 0 Å². The molecule has 2 aliphatic rings. The number of ketones is 2. The molecule has 0 spiro atoms. The van der Waals surface area contributed by atoms with Crippen LogP contribution in [0.4, 0.5) is 0 Å². The first-order valence-electron chi connectivity index (χ1n) is 9.63. The molecule has 1 aliphatic heterocycles. The number of amides is 1. The zero-order valence-corrected chi connectivity index (χ0v) is 16.7. The SMILES string of the molecule is NC1CCCN(C(=O)c2cc3c(s2)C(=O)c2c(c(O)c4ccccc4c2O)C3=O)C1. The normalized spacial score (nSPS) is 18.4. The van der Waals surface area contributed by atoms with Gasteiger partial charge in [0.1, 0.15) is 11.5 Å². The molecule has 0 bridgehead atoms. The molecule has 1 aromatic heterocycles. The van der Waals surface area contributed by atoms with Crippen molar-refractivity contribution in [1.82, 2.24) is 4.90 Å². The highest BCUT2D eigenvalue weighted by molar-refractivity contribution is 7.16. The van der Waals surface area contributed by atoms with Crippen LogP contribution in [0, 0.1) is 0 Å². The van der Waals surface area contributed by atoms with Crippen LogP contribution in [-0.4, -0.2) is 51.7 Å². The summed E-state index contributed by atoms with van der Waals surface area (Å²) < 4.78 is 0. The molecule has 8 heteroatoms. The zero-order chi connectivity index (χ0) is 21.2. The molecule has 5 rings (SSSR count). The minimum absolute atomic E-state index is 0.0761. The molecule has 1 saturated heterocycles. The van der Waals surface area contributed by atoms with Gasteiger partial charge < -0.3 is 20.8 Å². The average molecular weight is 422 g/mol. The molecule has 4 N–H and O–H groups in total. The lowest BCUT2D eigenvalue weighted by molar-refractivity contribution is 0.0713. The van der Waals surface area contributed by atoms with Crippen LogP contribution in [-0.2, 0) is 0 Å². The number of aromatic hydroxyl groups is 2. The van der Waals surface area contributed by atoms with Crippen molar-refractivity contribution < 1.29 is 24.6 Å². The summed E-state index contributed by atoms with van der Waals surface area (Å²) >= 11 is 0.939. The maximum Gasteiger partial charge on any atom is 0.264 e. The average Bonchev–Trinajstić information content (AvgIpc) is 3.20. The molecule has 1 unspecified atom stereocenters. The lowest BCUT2D eigenvalue weighted by atomic mass is 9.85. The Hall–Kier alpha value is -3.23. The fourth-order valence-corrected chi connectivity index (χ4v) is 5.35. The van der Waals surface area contributed by atoms with Gasteiger partial charge in [-0.3, -0.25) is 14.4 Å². The Morgan fingerprint density at radius 3 is 2.33 bits per heavy atom. The third kappa shape index (κ3) is 2.57. The van der Waals surface area contributed by atoms with E-state index in [0.29, 0.717) is 13.1 Å². The predicted molar refractivity (Wildman–Crippen MR) is 112 cm³/mol. The van der Waals surface area contributed by atoms with E-state index in [0.717, 1.165) is 24.2 Å². The quantitative estimate of drug-likeness (QED) is 0.406. The van der Waals surface area contributed by atoms with Crippen molar-refractivity contribution in [2.75, 3.05) is 13.1 Å². The maximum absolute atomic E-state index is 13.2. The van der Waals surface area contributed by atoms with Gasteiger partial charge in [0.25, 0.3) is 5.91 Å². The largest absolute Gasteiger partial charge is 0.506 e. The highest BCUT2D eigenvalue weighted by Gasteiger charge is 2.39. The molecule has 0 saturated carbocycles. The summed E-state index contributed by atoms with van der Waals surface area (Å²) in [5.74, 6) is -2.11. The van der Waals surface area contributed by atoms with Crippen molar-refractivity contribution in [2.45, 2.75) is 18.9 Å². The second-order valence-electron chi connectivity index (χ2n) is 7.66. The number of rotatable bonds is 1. The smallest absolute Gasteiger partial charge is 0.264 e. The lowest BCUT2D eigenvalue weighted by Crippen LogP contribution is -2.45. The fourth-order valence-electron chi connectivity index (χ4n) is 4.28. The molecule has 1 fully saturated rings. The molecule has 1 atom stereocenters. The molecule has 7 nitrogen and oxygen atoms in total. The van der Waals surface area contributed by atoms with Crippen molar-refractivity contribution in [2.24, 2.45) is 5.73 Å². The van der Waals surface area contributed by atoms with Crippen LogP contribution < -0.4 is 5.73 Å². The van der Waals surface area contributed by atoms with Crippen LogP contribution in [0.15, 0.2) is 30.3 Å². The van der Waals surface area contributed by atoms with E-state index in [-0.39, 0.29) is 60.7 Å². The molecule has 0 radical (unpaired) electrons. The van der Waals surface area contributed by atoms with Crippen LogP contribution >= 0.6 is 11.3 Å². The molecular weight excluding hydrogens is 404 g/mol. The van der Waals surface area contributed by atoms with E-state index in [1.54, 1.807) is 29.2 Å². The summed E-state index contributed by atoms with van der Waals surface area (Å²) in [4.78, 5) is 41.3. The number of hydrogen-bond donors (Lipinski definition) is 3. The second kappa shape index (κ2) is 6.65. The van der Waals surface area contributed by atoms with Gasteiger partial charge in [-0.2, -0.15) is 0 Å². The van der Waals surface area contributed by atoms with Crippen LogP contribution in [0.25, 0.3) is 10.8 Å². The minimum Gasteiger partial charge on any atom is -0.506 e. The Morgan fingerprint density at radius 2 is 1.70 bits per heavy atom. The Balaban J connectivity index is 1.64. The highest BCUT2D eigenvalue weighted by Crippen LogP contribution is 2.45. The van der Waals surface area contributed by atoms with Gasteiger partial charge in [-0.15, -0.1) is 11.3 Å². The second-order valence-corrected chi connectivity index (χ2v) is 8.71. The minimum atomic E-state index is -0.580. The number of piperidine rings is 1. The van der Waals surface area contributed by atoms with E-state index in [4.69, 9.17) is 5.73 Å². The summed E-state index contributed by atoms with van der Waals surface area (Å²) in [5.41, 5.74) is 5.60. The van der Waals surface area contributed by atoms with Gasteiger partial charge in [0.2, 0.25) is 5.78 Å². The van der Waals surface area contributed by atoms with E-state index < -0.39 is 11.6 Å². The van der Waals surface area contributed by atoms with E-state index in [1.165, 1.54) is 6.07 Å². The van der Waals surface area contributed by atoms with Crippen molar-refractivity contribution >= 4 is 39.6 Å². The van der Waals surface area contributed by atoms with Gasteiger partial charge in [-0.25, -0.2) is 0 Å². The number of likely N-dealkylation sites (tertiary alicyclic amines) is 1. The van der Waals surface area contributed by atoms with Crippen LogP contribution in [0.5, 0.6) is 11.5 Å². The van der Waals surface area contributed by atoms with Crippen molar-refractivity contribution in [1.29, 1.82) is 0 Å². The molecule has 2 heterocycles. The summed E-state index contributed by atoms with van der Waals surface area (Å²) in [6, 6.07) is 7.79. The molecule has 2 aromatic carbocycles. The molecule has 1 amide bonds. The maximum atomic E-state index is 13.2. The highest BCUT2D eigenvalue weighted by atomic mass is 32.1. The number of nitrogens with zero attached hydrogens (tertiary/aromatic N) is 1. The van der Waals surface area contributed by atoms with Gasteiger partial charge in [0.05, 0.1) is 20.9 Å². The van der Waals surface area contributed by atoms with E-state index in [9.17, 15) is 24.6 Å². The third-order valence-electron chi connectivity index (χ3n) is 5.75. The van der Waals surface area contributed by atoms with Crippen LogP contribution in [0.3, 0.4) is 0 Å². The van der Waals surface area contributed by atoms with Gasteiger partial charge >= 0.3 is 0 Å². The molecular formula is C22H18N2O5S. The standard InChI is InChI=1S/C22H18N2O5S/c23-10-4-3-7-24(9-10)22(29)14-8-13-19(27)15-16(20(28)21(13)30-14)18(26)12-6-2-1-5-11(12)17(15)25/h1-2,5-6,8,10,25-26H,3-4,7,9,23H2. The number of nitrogens with two attached hydrogens (primary N) is 1. The van der Waals surface area contributed by atoms with Gasteiger partial charge in [-0.05, 0) is 18.9 Å². The number of fused-ring (bicyclic) bond motifs is 3. The van der Waals surface area contributed by atoms with Crippen molar-refractivity contribution in [3.63, 3.8) is 0 Å². The molecule has 3 aromatic rings. The number of carbonyl (C=O) groups is 3. The van der Waals surface area contributed by atoms with Crippen molar-refractivity contribution in [3.8, 4) is 11.5 Å². The Labute approximate surface area is 175 Å². The predicted octanol–water partition coefficient (Wildman–Crippen LogP) is 2.65. The number of phenols is 2. The lowest BCUT2D eigenvalue weighted by Gasteiger charge is -2.30. The zero-order valence-electron chi connectivity index (χ0n) is 15.8. The summed E-state index contributed by atoms with van der Waals surface area (Å²) in [5, 5.41) is 22.0. The van der Waals surface area contributed by atoms with Gasteiger partial charge in [0.15, 0.2) is 5.78 Å². The molecule has 152 valence electrons. The van der Waals surface area contributed by atoms with Gasteiger partial charge in [0, 0.05) is 35.5 Å². The first-order chi connectivity index (χ1) is 14.4. The van der Waals surface area contributed by atoms with Crippen LogP contribution in [0.1, 0.15) is 53.7 Å². The Kier molecular flexibility index (Phi) is 4.16. The number of benzene rings is 2. The Bertz CT molecular complexity index is 1180. The van der Waals surface area contributed by atoms with Crippen molar-refractivity contribution in [3.05, 3.63) is 56.8 Å². The third-order valence-corrected chi connectivity index (χ3v) is 6.88. The first kappa shape index (κ1) is 18.8. The molecule has 1 aliphatic carbocycles. The van der Waals surface area contributed by atoms with E-state index in [2.05, 4.69) is 0 Å². The number of carbonyl (C=O) groups excluding carboxylic acids is 3. The first-order valence-corrected chi connectivity index (χ1v) is 10.4. The number of phenolic OH excluding ortho intramolecular Hbond substituents is 2. The topological polar surface area (TPSA) is 121 Å². The molecule has 30 heavy (non-hydrogen) atoms. The number of thiophene rings is 1. The van der Waals surface area contributed by atoms with Gasteiger partial charge in [-0.1, -0.05) is 24.3 Å². The number of hydrogen-bond acceptors (Lipinski definition) is 7. The summed E-state index contributed by atoms with van der Waals surface area (Å²) in [6.45, 7) is 1.00. The van der Waals surface area contributed by atoms with Crippen LogP contribution in [0.2, 0.25) is 0 Å². The van der Waals surface area contributed by atoms with E-state index in [1.807, 2.05) is 0 Å². The monoisotopic (exact) mass is 422 g/mol. The summed E-state index contributed by atoms with van der Waals surface area (Å²) in [6.07, 6.45) is 1.65. The fraction of sp³-hybridized carbons (Fsp3) is 0.227. The Morgan fingerprint density at radius 1 is 1.07 bits per heavy atom. The summed E-state index contributed by atoms with van der Waals surface area (Å²) in [7, 11) is 0.